The first-order valence-electron chi connectivity index (χ1n) is 3.52. The molecule has 0 aromatic rings. The van der Waals surface area contributed by atoms with Gasteiger partial charge in [0.05, 0.1) is 12.0 Å². The summed E-state index contributed by atoms with van der Waals surface area (Å²) >= 11 is 0. The monoisotopic (exact) mass is 186 g/mol. The number of carboxylic acid groups (broad SMARTS) is 2. The first-order chi connectivity index (χ1) is 5.86. The molecule has 0 aliphatic heterocycles. The van der Waals surface area contributed by atoms with E-state index < -0.39 is 24.1 Å². The van der Waals surface area contributed by atoms with Crippen LogP contribution in [-0.2, 0) is 14.4 Å². The van der Waals surface area contributed by atoms with Gasteiger partial charge in [0.15, 0.2) is 5.78 Å². The van der Waals surface area contributed by atoms with Crippen molar-refractivity contribution in [3.05, 3.63) is 11.1 Å². The van der Waals surface area contributed by atoms with Crippen molar-refractivity contribution in [1.29, 1.82) is 0 Å². The largest absolute Gasteiger partial charge is 0.481 e. The number of carbonyl (C=O) groups is 3. The standard InChI is InChI=1S/C8H10O5/c1-4(5(2)9)6(8(12)13)3-7(10)11/h3H2,1-2H3,(H,10,11)(H,12,13)/b6-4-. The number of aliphatic carboxylic acids is 2. The maximum Gasteiger partial charge on any atom is 0.332 e. The number of hydrogen-bond donors (Lipinski definition) is 2. The van der Waals surface area contributed by atoms with Crippen molar-refractivity contribution in [2.45, 2.75) is 20.3 Å². The van der Waals surface area contributed by atoms with Crippen molar-refractivity contribution in [3.8, 4) is 0 Å². The van der Waals surface area contributed by atoms with Gasteiger partial charge in [-0.15, -0.1) is 0 Å². The van der Waals surface area contributed by atoms with Gasteiger partial charge >= 0.3 is 11.9 Å². The third-order valence-corrected chi connectivity index (χ3v) is 1.57. The smallest absolute Gasteiger partial charge is 0.332 e. The molecule has 0 heterocycles. The molecule has 0 aliphatic carbocycles. The fourth-order valence-corrected chi connectivity index (χ4v) is 0.732. The number of ketones is 1. The maximum atomic E-state index is 10.8. The molecule has 0 aliphatic rings. The van der Waals surface area contributed by atoms with E-state index in [1.54, 1.807) is 0 Å². The van der Waals surface area contributed by atoms with Crippen LogP contribution in [0.15, 0.2) is 11.1 Å². The van der Waals surface area contributed by atoms with E-state index in [2.05, 4.69) is 0 Å². The van der Waals surface area contributed by atoms with Crippen molar-refractivity contribution in [3.63, 3.8) is 0 Å². The van der Waals surface area contributed by atoms with E-state index in [4.69, 9.17) is 10.2 Å². The van der Waals surface area contributed by atoms with Gasteiger partial charge in [0.25, 0.3) is 0 Å². The molecule has 0 aromatic carbocycles. The van der Waals surface area contributed by atoms with Crippen LogP contribution in [0.3, 0.4) is 0 Å². The number of carboxylic acids is 2. The van der Waals surface area contributed by atoms with Crippen LogP contribution in [0, 0.1) is 0 Å². The molecular weight excluding hydrogens is 176 g/mol. The molecule has 0 saturated carbocycles. The van der Waals surface area contributed by atoms with Gasteiger partial charge in [-0.1, -0.05) is 0 Å². The highest BCUT2D eigenvalue weighted by Crippen LogP contribution is 2.09. The molecule has 0 fully saturated rings. The second kappa shape index (κ2) is 4.39. The number of Topliss-reactive ketones (excluding diaryl/α,β-unsaturated/α-hetero) is 1. The Morgan fingerprint density at radius 2 is 1.54 bits per heavy atom. The van der Waals surface area contributed by atoms with Crippen LogP contribution < -0.4 is 0 Å². The predicted molar refractivity (Wildman–Crippen MR) is 43.3 cm³/mol. The molecule has 0 amide bonds. The first kappa shape index (κ1) is 11.4. The lowest BCUT2D eigenvalue weighted by molar-refractivity contribution is -0.139. The van der Waals surface area contributed by atoms with Gasteiger partial charge in [-0.3, -0.25) is 9.59 Å². The van der Waals surface area contributed by atoms with Gasteiger partial charge < -0.3 is 10.2 Å². The van der Waals surface area contributed by atoms with Crippen LogP contribution in [0.2, 0.25) is 0 Å². The minimum Gasteiger partial charge on any atom is -0.481 e. The Hall–Kier alpha value is -1.65. The fraction of sp³-hybridized carbons (Fsp3) is 0.375. The molecule has 0 rings (SSSR count). The van der Waals surface area contributed by atoms with Crippen LogP contribution in [0.25, 0.3) is 0 Å². The average Bonchev–Trinajstić information content (AvgIpc) is 1.97. The van der Waals surface area contributed by atoms with Crippen LogP contribution in [0.1, 0.15) is 20.3 Å². The highest BCUT2D eigenvalue weighted by molar-refractivity contribution is 6.03. The van der Waals surface area contributed by atoms with E-state index in [0.29, 0.717) is 0 Å². The Bertz CT molecular complexity index is 287. The van der Waals surface area contributed by atoms with Crippen LogP contribution in [-0.4, -0.2) is 27.9 Å². The molecule has 0 radical (unpaired) electrons. The Morgan fingerprint density at radius 1 is 1.08 bits per heavy atom. The number of rotatable bonds is 4. The highest BCUT2D eigenvalue weighted by Gasteiger charge is 2.17. The summed E-state index contributed by atoms with van der Waals surface area (Å²) in [6.07, 6.45) is -0.638. The number of carbonyl (C=O) groups excluding carboxylic acids is 1. The van der Waals surface area contributed by atoms with Gasteiger partial charge in [0.1, 0.15) is 0 Å². The molecule has 0 bridgehead atoms. The second-order valence-corrected chi connectivity index (χ2v) is 2.54. The van der Waals surface area contributed by atoms with E-state index in [0.717, 1.165) is 0 Å². The number of hydrogen-bond acceptors (Lipinski definition) is 3. The van der Waals surface area contributed by atoms with Gasteiger partial charge in [-0.25, -0.2) is 4.79 Å². The minimum atomic E-state index is -1.37. The van der Waals surface area contributed by atoms with Crippen molar-refractivity contribution < 1.29 is 24.6 Å². The quantitative estimate of drug-likeness (QED) is 0.622. The van der Waals surface area contributed by atoms with Crippen molar-refractivity contribution in [2.75, 3.05) is 0 Å². The zero-order valence-electron chi connectivity index (χ0n) is 7.33. The summed E-state index contributed by atoms with van der Waals surface area (Å²) in [5.41, 5.74) is -0.380. The molecule has 72 valence electrons. The third kappa shape index (κ3) is 3.50. The zero-order valence-corrected chi connectivity index (χ0v) is 7.33. The summed E-state index contributed by atoms with van der Waals surface area (Å²) in [7, 11) is 0. The highest BCUT2D eigenvalue weighted by atomic mass is 16.4. The Kier molecular flexibility index (Phi) is 3.84. The lowest BCUT2D eigenvalue weighted by Crippen LogP contribution is -2.11. The molecular formula is C8H10O5. The average molecular weight is 186 g/mol. The minimum absolute atomic E-state index is 0.0186. The van der Waals surface area contributed by atoms with Crippen LogP contribution in [0.4, 0.5) is 0 Å². The summed E-state index contributed by atoms with van der Waals surface area (Å²) in [6, 6.07) is 0. The maximum absolute atomic E-state index is 10.8. The molecule has 5 nitrogen and oxygen atoms in total. The predicted octanol–water partition coefficient (Wildman–Crippen LogP) is 0.451. The molecule has 13 heavy (non-hydrogen) atoms. The van der Waals surface area contributed by atoms with Gasteiger partial charge in [0, 0.05) is 5.57 Å². The molecule has 2 N–H and O–H groups in total. The van der Waals surface area contributed by atoms with E-state index in [-0.39, 0.29) is 11.1 Å². The summed E-state index contributed by atoms with van der Waals surface area (Å²) < 4.78 is 0. The summed E-state index contributed by atoms with van der Waals surface area (Å²) in [5.74, 6) is -3.06. The van der Waals surface area contributed by atoms with Crippen molar-refractivity contribution in [2.24, 2.45) is 0 Å². The van der Waals surface area contributed by atoms with Gasteiger partial charge in [0.2, 0.25) is 0 Å². The van der Waals surface area contributed by atoms with Crippen LogP contribution in [0.5, 0.6) is 0 Å². The molecule has 0 unspecified atom stereocenters. The van der Waals surface area contributed by atoms with Crippen molar-refractivity contribution >= 4 is 17.7 Å². The first-order valence-corrected chi connectivity index (χ1v) is 3.52. The molecule has 5 heteroatoms. The number of allylic oxidation sites excluding steroid dienone is 1. The van der Waals surface area contributed by atoms with E-state index in [1.807, 2.05) is 0 Å². The molecule has 0 atom stereocenters. The fourth-order valence-electron chi connectivity index (χ4n) is 0.732. The summed E-state index contributed by atoms with van der Waals surface area (Å²) in [4.78, 5) is 31.5. The summed E-state index contributed by atoms with van der Waals surface area (Å²) in [6.45, 7) is 2.49. The zero-order chi connectivity index (χ0) is 10.6. The van der Waals surface area contributed by atoms with E-state index >= 15 is 0 Å². The lowest BCUT2D eigenvalue weighted by Gasteiger charge is -2.01. The SMILES string of the molecule is CC(=O)/C(C)=C(/CC(=O)O)C(=O)O. The lowest BCUT2D eigenvalue weighted by atomic mass is 10.0. The van der Waals surface area contributed by atoms with E-state index in [9.17, 15) is 14.4 Å². The van der Waals surface area contributed by atoms with Crippen LogP contribution >= 0.6 is 0 Å². The molecule has 0 aromatic heterocycles. The van der Waals surface area contributed by atoms with Gasteiger partial charge in [-0.05, 0) is 13.8 Å². The Labute approximate surface area is 74.7 Å². The molecule has 0 spiro atoms. The Balaban J connectivity index is 5.00. The topological polar surface area (TPSA) is 91.7 Å². The van der Waals surface area contributed by atoms with Gasteiger partial charge in [-0.2, -0.15) is 0 Å². The summed E-state index contributed by atoms with van der Waals surface area (Å²) in [5, 5.41) is 16.9. The van der Waals surface area contributed by atoms with Crippen molar-refractivity contribution in [1.82, 2.24) is 0 Å². The van der Waals surface area contributed by atoms with E-state index in [1.165, 1.54) is 13.8 Å². The normalized spacial score (nSPS) is 11.8. The second-order valence-electron chi connectivity index (χ2n) is 2.54. The molecule has 0 saturated heterocycles. The third-order valence-electron chi connectivity index (χ3n) is 1.57. The Morgan fingerprint density at radius 3 is 1.77 bits per heavy atom.